The molecule has 18 heteroatoms. The molecule has 1 aromatic rings. The minimum atomic E-state index is -4.28. The van der Waals surface area contributed by atoms with Gasteiger partial charge in [-0.3, -0.25) is 0 Å². The van der Waals surface area contributed by atoms with Crippen LogP contribution in [0.15, 0.2) is 21.9 Å². The summed E-state index contributed by atoms with van der Waals surface area (Å²) in [5.41, 5.74) is -0.0283. The Morgan fingerprint density at radius 3 is 2.48 bits per heavy atom. The lowest BCUT2D eigenvalue weighted by atomic mass is 10.1. The van der Waals surface area contributed by atoms with Crippen LogP contribution in [0, 0.1) is 20.2 Å². The number of hydrogen-bond acceptors (Lipinski definition) is 11. The van der Waals surface area contributed by atoms with E-state index < -0.39 is 58.9 Å². The van der Waals surface area contributed by atoms with E-state index in [-0.39, 0.29) is 23.6 Å². The number of sulfonamides is 2. The molecule has 1 aliphatic heterocycles. The summed E-state index contributed by atoms with van der Waals surface area (Å²) in [5.74, 6) is 0. The molecular formula is C11H14ClN5O10S2. The summed E-state index contributed by atoms with van der Waals surface area (Å²) in [4.78, 5) is 28.0. The van der Waals surface area contributed by atoms with Crippen molar-refractivity contribution in [2.24, 2.45) is 5.14 Å². The highest BCUT2D eigenvalue weighted by Crippen LogP contribution is 2.34. The molecule has 0 aliphatic carbocycles. The van der Waals surface area contributed by atoms with Crippen molar-refractivity contribution in [3.05, 3.63) is 37.4 Å². The quantitative estimate of drug-likeness (QED) is 0.307. The Bertz CT molecular complexity index is 1030. The van der Waals surface area contributed by atoms with Crippen LogP contribution in [0.5, 0.6) is 0 Å². The van der Waals surface area contributed by atoms with Crippen molar-refractivity contribution in [1.29, 1.82) is 0 Å². The summed E-state index contributed by atoms with van der Waals surface area (Å²) in [6, 6.07) is 1.85. The normalized spacial score (nSPS) is 18.8. The summed E-state index contributed by atoms with van der Waals surface area (Å²) in [6.45, 7) is -0.742. The number of hydrogen-bond donors (Lipinski definition) is 3. The van der Waals surface area contributed by atoms with Gasteiger partial charge < -0.3 is 15.0 Å². The second kappa shape index (κ2) is 8.49. The lowest BCUT2D eigenvalue weighted by molar-refractivity contribution is -0.790. The molecule has 0 amide bonds. The summed E-state index contributed by atoms with van der Waals surface area (Å²) in [6.07, 6.45) is -2.64. The molecule has 0 bridgehead atoms. The number of benzene rings is 1. The summed E-state index contributed by atoms with van der Waals surface area (Å²) in [7, 11) is -8.47. The van der Waals surface area contributed by atoms with Gasteiger partial charge in [-0.1, -0.05) is 11.6 Å². The van der Waals surface area contributed by atoms with E-state index >= 15 is 0 Å². The molecule has 2 atom stereocenters. The van der Waals surface area contributed by atoms with Crippen LogP contribution in [0.25, 0.3) is 0 Å². The van der Waals surface area contributed by atoms with Gasteiger partial charge in [-0.25, -0.2) is 22.0 Å². The second-order valence-electron chi connectivity index (χ2n) is 5.69. The van der Waals surface area contributed by atoms with Crippen LogP contribution in [0.1, 0.15) is 12.8 Å². The van der Waals surface area contributed by atoms with Crippen LogP contribution in [0.3, 0.4) is 0 Å². The molecule has 0 fully saturated rings. The molecule has 0 radical (unpaired) electrons. The fourth-order valence-electron chi connectivity index (χ4n) is 2.47. The van der Waals surface area contributed by atoms with E-state index in [1.165, 1.54) is 0 Å². The zero-order valence-corrected chi connectivity index (χ0v) is 16.6. The van der Waals surface area contributed by atoms with Crippen molar-refractivity contribution in [2.45, 2.75) is 34.9 Å². The molecule has 1 aromatic carbocycles. The van der Waals surface area contributed by atoms with Crippen LogP contribution >= 0.6 is 11.6 Å². The lowest BCUT2D eigenvalue weighted by Crippen LogP contribution is -2.45. The van der Waals surface area contributed by atoms with Crippen molar-refractivity contribution in [3.8, 4) is 0 Å². The van der Waals surface area contributed by atoms with Gasteiger partial charge in [-0.2, -0.15) is 4.72 Å². The van der Waals surface area contributed by atoms with Gasteiger partial charge in [0, 0.05) is 0 Å². The van der Waals surface area contributed by atoms with Crippen LogP contribution in [0.4, 0.5) is 5.69 Å². The van der Waals surface area contributed by atoms with Gasteiger partial charge in [0.2, 0.25) is 20.0 Å². The number of nitrogens with one attached hydrogen (secondary N) is 2. The molecule has 162 valence electrons. The highest BCUT2D eigenvalue weighted by molar-refractivity contribution is 7.90. The summed E-state index contributed by atoms with van der Waals surface area (Å²) >= 11 is 5.85. The standard InChI is InChI=1S/C11H14ClN5O10S2/c12-7-3-8-10(4-9(7)28(13,22)23)29(24,25)15-11(14-8)2-1-6(27-17(20)21)5-26-16(18)19/h3-4,6,11,14-15H,1-2,5H2,(H2,13,22,23)/t6-,11?/m0/s1. The lowest BCUT2D eigenvalue weighted by Gasteiger charge is -2.29. The first-order valence-corrected chi connectivity index (χ1v) is 10.9. The first kappa shape index (κ1) is 22.8. The maximum atomic E-state index is 12.4. The van der Waals surface area contributed by atoms with E-state index in [2.05, 4.69) is 19.7 Å². The third-order valence-electron chi connectivity index (χ3n) is 3.64. The number of primary sulfonamides is 1. The van der Waals surface area contributed by atoms with E-state index in [0.29, 0.717) is 0 Å². The van der Waals surface area contributed by atoms with Gasteiger partial charge in [0.05, 0.1) is 16.9 Å². The monoisotopic (exact) mass is 475 g/mol. The maximum absolute atomic E-state index is 12.4. The average molecular weight is 476 g/mol. The SMILES string of the molecule is NS(=O)(=O)c1cc2c(cc1Cl)NC(CC[C@@H](CO[N+](=O)[O-])O[N+](=O)[O-])NS2(=O)=O. The third kappa shape index (κ3) is 6.00. The largest absolute Gasteiger partial charge is 0.368 e. The van der Waals surface area contributed by atoms with E-state index in [0.717, 1.165) is 12.1 Å². The summed E-state index contributed by atoms with van der Waals surface area (Å²) < 4.78 is 50.1. The maximum Gasteiger partial charge on any atom is 0.294 e. The molecule has 1 unspecified atom stereocenters. The molecule has 4 N–H and O–H groups in total. The Balaban J connectivity index is 2.20. The van der Waals surface area contributed by atoms with Crippen LogP contribution in [-0.2, 0) is 29.7 Å². The van der Waals surface area contributed by atoms with Crippen molar-refractivity contribution in [1.82, 2.24) is 4.72 Å². The molecule has 1 heterocycles. The molecule has 29 heavy (non-hydrogen) atoms. The average Bonchev–Trinajstić information content (AvgIpc) is 2.54. The molecule has 2 rings (SSSR count). The molecular weight excluding hydrogens is 462 g/mol. The van der Waals surface area contributed by atoms with Crippen LogP contribution in [-0.4, -0.2) is 45.9 Å². The smallest absolute Gasteiger partial charge is 0.294 e. The Morgan fingerprint density at radius 2 is 1.93 bits per heavy atom. The predicted octanol–water partition coefficient (Wildman–Crippen LogP) is -0.417. The Kier molecular flexibility index (Phi) is 6.68. The minimum absolute atomic E-state index is 0.0283. The highest BCUT2D eigenvalue weighted by Gasteiger charge is 2.32. The van der Waals surface area contributed by atoms with Gasteiger partial charge in [0.15, 0.2) is 0 Å². The molecule has 1 aliphatic rings. The number of rotatable bonds is 9. The van der Waals surface area contributed by atoms with Crippen LogP contribution in [0.2, 0.25) is 5.02 Å². The molecule has 0 saturated carbocycles. The Hall–Kier alpha value is -2.47. The van der Waals surface area contributed by atoms with Crippen molar-refractivity contribution in [2.75, 3.05) is 11.9 Å². The number of anilines is 1. The highest BCUT2D eigenvalue weighted by atomic mass is 35.5. The summed E-state index contributed by atoms with van der Waals surface area (Å²) in [5, 5.41) is 25.8. The van der Waals surface area contributed by atoms with E-state index in [4.69, 9.17) is 16.7 Å². The Morgan fingerprint density at radius 1 is 1.28 bits per heavy atom. The molecule has 0 aromatic heterocycles. The zero-order valence-electron chi connectivity index (χ0n) is 14.2. The van der Waals surface area contributed by atoms with Crippen LogP contribution < -0.4 is 15.2 Å². The number of halogens is 1. The van der Waals surface area contributed by atoms with Gasteiger partial charge in [-0.15, -0.1) is 20.2 Å². The van der Waals surface area contributed by atoms with Crippen molar-refractivity contribution >= 4 is 37.3 Å². The minimum Gasteiger partial charge on any atom is -0.368 e. The van der Waals surface area contributed by atoms with Gasteiger partial charge in [0.25, 0.3) is 10.2 Å². The zero-order chi connectivity index (χ0) is 22.0. The molecule has 0 spiro atoms. The Labute approximate surface area is 168 Å². The van der Waals surface area contributed by atoms with Crippen molar-refractivity contribution < 1.29 is 36.7 Å². The number of nitrogens with two attached hydrogens (primary N) is 1. The second-order valence-corrected chi connectivity index (χ2v) is 9.31. The van der Waals surface area contributed by atoms with Crippen molar-refractivity contribution in [3.63, 3.8) is 0 Å². The number of fused-ring (bicyclic) bond motifs is 1. The van der Waals surface area contributed by atoms with Gasteiger partial charge in [0.1, 0.15) is 22.5 Å². The van der Waals surface area contributed by atoms with E-state index in [1.54, 1.807) is 0 Å². The third-order valence-corrected chi connectivity index (χ3v) is 6.52. The van der Waals surface area contributed by atoms with E-state index in [9.17, 15) is 37.1 Å². The molecule has 15 nitrogen and oxygen atoms in total. The first-order chi connectivity index (χ1) is 13.3. The van der Waals surface area contributed by atoms with Gasteiger partial charge >= 0.3 is 0 Å². The first-order valence-electron chi connectivity index (χ1n) is 7.53. The topological polar surface area (TPSA) is 223 Å². The fourth-order valence-corrected chi connectivity index (χ4v) is 5.00. The van der Waals surface area contributed by atoms with Gasteiger partial charge in [-0.05, 0) is 25.0 Å². The predicted molar refractivity (Wildman–Crippen MR) is 94.6 cm³/mol. The number of nitrogens with zero attached hydrogens (tertiary/aromatic N) is 2. The molecule has 0 saturated heterocycles. The fraction of sp³-hybridized carbons (Fsp3) is 0.455. The van der Waals surface area contributed by atoms with E-state index in [1.807, 2.05) is 0 Å².